The third kappa shape index (κ3) is 3.24. The molecule has 0 unspecified atom stereocenters. The Labute approximate surface area is 125 Å². The largest absolute Gasteiger partial charge is 0.337 e. The van der Waals surface area contributed by atoms with Gasteiger partial charge in [0.25, 0.3) is 0 Å². The highest BCUT2D eigenvalue weighted by Crippen LogP contribution is 2.15. The number of anilines is 1. The first-order valence-electron chi connectivity index (χ1n) is 7.57. The number of hydrogen-bond donors (Lipinski definition) is 2. The van der Waals surface area contributed by atoms with Gasteiger partial charge in [-0.05, 0) is 37.5 Å². The van der Waals surface area contributed by atoms with Crippen molar-refractivity contribution in [3.8, 4) is 0 Å². The number of H-pyrrole nitrogens is 1. The summed E-state index contributed by atoms with van der Waals surface area (Å²) in [6, 6.07) is 7.04. The Morgan fingerprint density at radius 1 is 1.29 bits per heavy atom. The Kier molecular flexibility index (Phi) is 3.92. The normalized spacial score (nSPS) is 19.0. The van der Waals surface area contributed by atoms with E-state index in [1.807, 2.05) is 0 Å². The molecule has 3 rings (SSSR count). The summed E-state index contributed by atoms with van der Waals surface area (Å²) >= 11 is 0. The SMILES string of the molecule is Cc1ccc(Cc2nc(N3CCN[C@@H](C)C3)n[nH]2)cc1C. The summed E-state index contributed by atoms with van der Waals surface area (Å²) in [5.41, 5.74) is 3.92. The first-order chi connectivity index (χ1) is 10.1. The Morgan fingerprint density at radius 2 is 2.14 bits per heavy atom. The molecule has 1 aliphatic heterocycles. The van der Waals surface area contributed by atoms with E-state index >= 15 is 0 Å². The van der Waals surface area contributed by atoms with Crippen molar-refractivity contribution in [1.82, 2.24) is 20.5 Å². The van der Waals surface area contributed by atoms with Crippen LogP contribution in [0.2, 0.25) is 0 Å². The molecule has 21 heavy (non-hydrogen) atoms. The van der Waals surface area contributed by atoms with Crippen molar-refractivity contribution >= 4 is 5.95 Å². The fourth-order valence-corrected chi connectivity index (χ4v) is 2.73. The highest BCUT2D eigenvalue weighted by molar-refractivity contribution is 5.34. The standard InChI is InChI=1S/C16H23N5/c1-11-4-5-14(8-12(11)2)9-15-18-16(20-19-15)21-7-6-17-13(3)10-21/h4-5,8,13,17H,6-7,9-10H2,1-3H3,(H,18,19,20)/t13-/m0/s1. The number of aromatic amines is 1. The van der Waals surface area contributed by atoms with Gasteiger partial charge in [0.1, 0.15) is 5.82 Å². The fraction of sp³-hybridized carbons (Fsp3) is 0.500. The summed E-state index contributed by atoms with van der Waals surface area (Å²) in [5, 5.41) is 10.9. The molecule has 2 aromatic rings. The van der Waals surface area contributed by atoms with Gasteiger partial charge in [-0.25, -0.2) is 0 Å². The van der Waals surface area contributed by atoms with Gasteiger partial charge in [-0.15, -0.1) is 5.10 Å². The quantitative estimate of drug-likeness (QED) is 0.903. The highest BCUT2D eigenvalue weighted by Gasteiger charge is 2.19. The number of rotatable bonds is 3. The second-order valence-electron chi connectivity index (χ2n) is 5.98. The zero-order chi connectivity index (χ0) is 14.8. The molecule has 1 saturated heterocycles. The van der Waals surface area contributed by atoms with E-state index in [1.165, 1.54) is 16.7 Å². The number of piperazine rings is 1. The monoisotopic (exact) mass is 285 g/mol. The Bertz CT molecular complexity index is 619. The van der Waals surface area contributed by atoms with Crippen LogP contribution in [-0.4, -0.2) is 40.9 Å². The predicted molar refractivity (Wildman–Crippen MR) is 84.8 cm³/mol. The maximum atomic E-state index is 4.65. The minimum atomic E-state index is 0.487. The van der Waals surface area contributed by atoms with Crippen molar-refractivity contribution in [2.24, 2.45) is 0 Å². The molecular formula is C16H23N5. The molecule has 0 amide bonds. The smallest absolute Gasteiger partial charge is 0.244 e. The summed E-state index contributed by atoms with van der Waals surface area (Å²) in [7, 11) is 0. The van der Waals surface area contributed by atoms with Crippen LogP contribution in [0.15, 0.2) is 18.2 Å². The van der Waals surface area contributed by atoms with Gasteiger partial charge in [-0.1, -0.05) is 18.2 Å². The molecule has 1 aromatic carbocycles. The van der Waals surface area contributed by atoms with Gasteiger partial charge in [0.15, 0.2) is 0 Å². The topological polar surface area (TPSA) is 56.8 Å². The van der Waals surface area contributed by atoms with Crippen LogP contribution in [0.4, 0.5) is 5.95 Å². The number of benzene rings is 1. The van der Waals surface area contributed by atoms with Gasteiger partial charge in [0, 0.05) is 32.1 Å². The van der Waals surface area contributed by atoms with E-state index in [2.05, 4.69) is 64.4 Å². The van der Waals surface area contributed by atoms with E-state index in [4.69, 9.17) is 0 Å². The van der Waals surface area contributed by atoms with Crippen molar-refractivity contribution in [2.75, 3.05) is 24.5 Å². The predicted octanol–water partition coefficient (Wildman–Crippen LogP) is 1.81. The van der Waals surface area contributed by atoms with Gasteiger partial charge in [-0.3, -0.25) is 5.10 Å². The van der Waals surface area contributed by atoms with Crippen LogP contribution in [-0.2, 0) is 6.42 Å². The Morgan fingerprint density at radius 3 is 2.90 bits per heavy atom. The molecule has 112 valence electrons. The van der Waals surface area contributed by atoms with Crippen LogP contribution >= 0.6 is 0 Å². The van der Waals surface area contributed by atoms with Crippen LogP contribution in [0.5, 0.6) is 0 Å². The number of nitrogens with one attached hydrogen (secondary N) is 2. The van der Waals surface area contributed by atoms with E-state index in [1.54, 1.807) is 0 Å². The second-order valence-corrected chi connectivity index (χ2v) is 5.98. The number of aromatic nitrogens is 3. The molecule has 5 nitrogen and oxygen atoms in total. The molecule has 2 heterocycles. The molecule has 0 radical (unpaired) electrons. The van der Waals surface area contributed by atoms with Crippen molar-refractivity contribution in [2.45, 2.75) is 33.2 Å². The van der Waals surface area contributed by atoms with E-state index in [9.17, 15) is 0 Å². The molecule has 0 aliphatic carbocycles. The van der Waals surface area contributed by atoms with Gasteiger partial charge in [-0.2, -0.15) is 4.98 Å². The molecule has 5 heteroatoms. The molecule has 0 saturated carbocycles. The summed E-state index contributed by atoms with van der Waals surface area (Å²) < 4.78 is 0. The van der Waals surface area contributed by atoms with Crippen LogP contribution < -0.4 is 10.2 Å². The summed E-state index contributed by atoms with van der Waals surface area (Å²) in [6.45, 7) is 9.38. The molecular weight excluding hydrogens is 262 g/mol. The minimum Gasteiger partial charge on any atom is -0.337 e. The molecule has 0 spiro atoms. The summed E-state index contributed by atoms with van der Waals surface area (Å²) in [6.07, 6.45) is 0.801. The maximum Gasteiger partial charge on any atom is 0.244 e. The molecule has 1 aromatic heterocycles. The van der Waals surface area contributed by atoms with Crippen molar-refractivity contribution in [3.05, 3.63) is 40.7 Å². The molecule has 0 bridgehead atoms. The zero-order valence-corrected chi connectivity index (χ0v) is 13.0. The van der Waals surface area contributed by atoms with Crippen LogP contribution in [0.3, 0.4) is 0 Å². The van der Waals surface area contributed by atoms with E-state index < -0.39 is 0 Å². The van der Waals surface area contributed by atoms with Gasteiger partial charge < -0.3 is 10.2 Å². The lowest BCUT2D eigenvalue weighted by atomic mass is 10.0. The lowest BCUT2D eigenvalue weighted by molar-refractivity contribution is 0.480. The number of hydrogen-bond acceptors (Lipinski definition) is 4. The molecule has 1 fully saturated rings. The number of nitrogens with zero attached hydrogens (tertiary/aromatic N) is 3. The average molecular weight is 285 g/mol. The van der Waals surface area contributed by atoms with Crippen LogP contribution in [0.25, 0.3) is 0 Å². The lowest BCUT2D eigenvalue weighted by Gasteiger charge is -2.30. The third-order valence-corrected chi connectivity index (χ3v) is 4.11. The van der Waals surface area contributed by atoms with Crippen molar-refractivity contribution in [3.63, 3.8) is 0 Å². The fourth-order valence-electron chi connectivity index (χ4n) is 2.73. The average Bonchev–Trinajstić information content (AvgIpc) is 2.91. The summed E-state index contributed by atoms with van der Waals surface area (Å²) in [4.78, 5) is 6.88. The van der Waals surface area contributed by atoms with Crippen molar-refractivity contribution in [1.29, 1.82) is 0 Å². The highest BCUT2D eigenvalue weighted by atomic mass is 15.4. The van der Waals surface area contributed by atoms with E-state index in [-0.39, 0.29) is 0 Å². The molecule has 2 N–H and O–H groups in total. The van der Waals surface area contributed by atoms with Crippen LogP contribution in [0, 0.1) is 13.8 Å². The second kappa shape index (κ2) is 5.85. The lowest BCUT2D eigenvalue weighted by Crippen LogP contribution is -2.49. The molecule has 1 atom stereocenters. The Hall–Kier alpha value is -1.88. The third-order valence-electron chi connectivity index (χ3n) is 4.11. The maximum absolute atomic E-state index is 4.65. The van der Waals surface area contributed by atoms with Crippen molar-refractivity contribution < 1.29 is 0 Å². The minimum absolute atomic E-state index is 0.487. The zero-order valence-electron chi connectivity index (χ0n) is 13.0. The van der Waals surface area contributed by atoms with Gasteiger partial charge in [0.05, 0.1) is 0 Å². The van der Waals surface area contributed by atoms with E-state index in [0.717, 1.165) is 37.8 Å². The number of aryl methyl sites for hydroxylation is 2. The Balaban J connectivity index is 1.71. The van der Waals surface area contributed by atoms with E-state index in [0.29, 0.717) is 6.04 Å². The van der Waals surface area contributed by atoms with Gasteiger partial charge in [0.2, 0.25) is 5.95 Å². The molecule has 1 aliphatic rings. The van der Waals surface area contributed by atoms with Crippen LogP contribution in [0.1, 0.15) is 29.4 Å². The summed E-state index contributed by atoms with van der Waals surface area (Å²) in [5.74, 6) is 1.75. The first-order valence-corrected chi connectivity index (χ1v) is 7.57. The van der Waals surface area contributed by atoms with Gasteiger partial charge >= 0.3 is 0 Å². The first kappa shape index (κ1) is 14.1.